The van der Waals surface area contributed by atoms with Crippen LogP contribution in [0.2, 0.25) is 0 Å². The maximum atomic E-state index is 8.62. The third kappa shape index (κ3) is 13.6. The molecule has 0 radical (unpaired) electrons. The Kier molecular flexibility index (Phi) is 19.5. The summed E-state index contributed by atoms with van der Waals surface area (Å²) in [5.41, 5.74) is 7.26. The van der Waals surface area contributed by atoms with E-state index in [4.69, 9.17) is 45.3 Å². The molecule has 2 saturated heterocycles. The number of hydrogen-bond donors (Lipinski definition) is 3. The van der Waals surface area contributed by atoms with Gasteiger partial charge >= 0.3 is 0 Å². The van der Waals surface area contributed by atoms with Crippen molar-refractivity contribution in [2.24, 2.45) is 0 Å². The molecule has 4 atom stereocenters. The van der Waals surface area contributed by atoms with E-state index >= 15 is 0 Å². The van der Waals surface area contributed by atoms with Crippen LogP contribution in [0.25, 0.3) is 0 Å². The second-order valence-electron chi connectivity index (χ2n) is 17.7. The molecule has 10 rings (SSSR count). The molecule has 0 unspecified atom stereocenters. The molecule has 2 aliphatic heterocycles. The smallest absolute Gasteiger partial charge is 0.249 e. The number of aliphatic hydroxyl groups is 1. The fourth-order valence-corrected chi connectivity index (χ4v) is 15.8. The van der Waals surface area contributed by atoms with Crippen molar-refractivity contribution in [3.63, 3.8) is 0 Å². The summed E-state index contributed by atoms with van der Waals surface area (Å²) in [6, 6.07) is 65.1. The highest BCUT2D eigenvalue weighted by Gasteiger charge is 2.50. The topological polar surface area (TPSA) is 66.5 Å². The van der Waals surface area contributed by atoms with Crippen molar-refractivity contribution in [2.45, 2.75) is 94.8 Å². The highest BCUT2D eigenvalue weighted by atomic mass is 35.7. The molecule has 6 aromatic rings. The van der Waals surface area contributed by atoms with Gasteiger partial charge in [0.15, 0.2) is 12.7 Å². The Morgan fingerprint density at radius 1 is 0.551 bits per heavy atom. The number of hydrogen-bond acceptors (Lipinski definition) is 8. The van der Waals surface area contributed by atoms with E-state index in [2.05, 4.69) is 163 Å². The molecule has 4 fully saturated rings. The fraction of sp³-hybridized carbons (Fsp3) is 0.321. The lowest BCUT2D eigenvalue weighted by Gasteiger charge is -2.32. The van der Waals surface area contributed by atoms with Crippen LogP contribution in [-0.2, 0) is 10.9 Å². The van der Waals surface area contributed by atoms with Gasteiger partial charge in [-0.1, -0.05) is 159 Å². The van der Waals surface area contributed by atoms with Gasteiger partial charge in [-0.2, -0.15) is 0 Å². The molecule has 360 valence electrons. The molecule has 0 amide bonds. The van der Waals surface area contributed by atoms with Crippen molar-refractivity contribution in [1.82, 2.24) is 5.32 Å². The molecule has 2 saturated carbocycles. The number of thiocarbonyl (C=S) groups is 2. The molecular weight excluding hydrogens is 950 g/mol. The lowest BCUT2D eigenvalue weighted by atomic mass is 9.90. The average Bonchev–Trinajstić information content (AvgIpc) is 3.90. The molecule has 0 bridgehead atoms. The molecule has 8 nitrogen and oxygen atoms in total. The molecule has 2 heterocycles. The Labute approximate surface area is 428 Å². The summed E-state index contributed by atoms with van der Waals surface area (Å²) in [4.78, 5) is 1.03. The molecule has 69 heavy (non-hydrogen) atoms. The Morgan fingerprint density at radius 3 is 1.35 bits per heavy atom. The van der Waals surface area contributed by atoms with Crippen LogP contribution in [0.3, 0.4) is 0 Å². The maximum absolute atomic E-state index is 8.62. The van der Waals surface area contributed by atoms with Gasteiger partial charge in [0.05, 0.1) is 30.8 Å². The first-order valence-electron chi connectivity index (χ1n) is 24.5. The van der Waals surface area contributed by atoms with E-state index < -0.39 is 16.0 Å². The van der Waals surface area contributed by atoms with E-state index in [0.717, 1.165) is 29.8 Å². The summed E-state index contributed by atoms with van der Waals surface area (Å²) in [5.74, 6) is 0. The summed E-state index contributed by atoms with van der Waals surface area (Å²) in [7, 11) is -1.85. The molecule has 3 N–H and O–H groups in total. The first-order chi connectivity index (χ1) is 34.0. The van der Waals surface area contributed by atoms with Gasteiger partial charge in [-0.25, -0.2) is 0 Å². The SMILES string of the molecule is ClP1N(c2ccccc2)[C@@H]2CCCC[C@H]2N1c1ccccc1.OCCCC(=S)Cc1ccccc1.S=C(NCCOP1N(c2ccccc2)[C@@H]2CCCC[C@H]2N1c1ccccc1)Nc1ccccc1. The standard InChI is InChI=1S/C27H31N4OPS.C18H20ClN2P.C11H14OS/c34-27(29-22-12-4-1-5-13-22)28-20-21-32-33-30(23-14-6-2-7-15-23)25-18-10-11-19-26(25)31(33)24-16-8-3-9-17-24;19-22-20(15-9-3-1-4-10-15)17-13-7-8-14-18(17)21(22)16-11-5-2-6-12-16;12-8-4-7-11(13)9-10-5-2-1-3-6-10/h1-9,12-17,25-26H,10-11,18-21H2,(H2,28,29,34);1-6,9-12,17-18H,7-8,13-14H2;1-3,5-6,12H,4,7-9H2/t25-,26-;17-,18-;/m11./s1. The largest absolute Gasteiger partial charge is 0.396 e. The zero-order chi connectivity index (χ0) is 47.6. The van der Waals surface area contributed by atoms with Crippen molar-refractivity contribution in [3.05, 3.63) is 188 Å². The molecule has 6 aromatic carbocycles. The minimum Gasteiger partial charge on any atom is -0.396 e. The van der Waals surface area contributed by atoms with E-state index in [1.807, 2.05) is 48.5 Å². The molecule has 0 aromatic heterocycles. The van der Waals surface area contributed by atoms with Gasteiger partial charge in [-0.15, -0.1) is 0 Å². The van der Waals surface area contributed by atoms with Crippen LogP contribution in [0.15, 0.2) is 182 Å². The van der Waals surface area contributed by atoms with Crippen molar-refractivity contribution < 1.29 is 9.63 Å². The lowest BCUT2D eigenvalue weighted by Crippen LogP contribution is -2.40. The fourth-order valence-electron chi connectivity index (χ4n) is 9.81. The monoisotopic (exact) mass is 1010 g/mol. The summed E-state index contributed by atoms with van der Waals surface area (Å²) in [6.07, 6.45) is 12.6. The number of anilines is 5. The van der Waals surface area contributed by atoms with Crippen molar-refractivity contribution >= 4 is 90.1 Å². The minimum atomic E-state index is -0.991. The number of halogens is 1. The number of rotatable bonds is 14. The number of fused-ring (bicyclic) bond motifs is 2. The van der Waals surface area contributed by atoms with Crippen LogP contribution >= 0.6 is 51.7 Å². The van der Waals surface area contributed by atoms with Gasteiger partial charge in [-0.3, -0.25) is 0 Å². The number of benzene rings is 6. The van der Waals surface area contributed by atoms with Gasteiger partial charge in [0.2, 0.25) is 8.45 Å². The van der Waals surface area contributed by atoms with E-state index in [-0.39, 0.29) is 6.61 Å². The second kappa shape index (κ2) is 26.5. The van der Waals surface area contributed by atoms with Crippen molar-refractivity contribution in [3.8, 4) is 0 Å². The summed E-state index contributed by atoms with van der Waals surface area (Å²) in [5, 5.41) is 15.8. The van der Waals surface area contributed by atoms with Gasteiger partial charge in [0, 0.05) is 48.0 Å². The predicted octanol–water partition coefficient (Wildman–Crippen LogP) is 14.7. The van der Waals surface area contributed by atoms with Gasteiger partial charge in [-0.05, 0) is 133 Å². The zero-order valence-corrected chi connectivity index (χ0v) is 43.4. The number of nitrogens with one attached hydrogen (secondary N) is 2. The summed E-state index contributed by atoms with van der Waals surface area (Å²) in [6.45, 7) is 1.46. The first kappa shape index (κ1) is 50.7. The second-order valence-corrected chi connectivity index (χ2v) is 22.5. The summed E-state index contributed by atoms with van der Waals surface area (Å²) < 4.78 is 16.8. The Hall–Kier alpha value is -4.63. The number of aliphatic hydroxyl groups excluding tert-OH is 1. The maximum Gasteiger partial charge on any atom is 0.249 e. The van der Waals surface area contributed by atoms with Crippen LogP contribution in [0.5, 0.6) is 0 Å². The van der Waals surface area contributed by atoms with Crippen LogP contribution in [0, 0.1) is 0 Å². The Bertz CT molecular complexity index is 2330. The Balaban J connectivity index is 0.000000156. The van der Waals surface area contributed by atoms with Gasteiger partial charge in [0.1, 0.15) is 0 Å². The normalized spacial score (nSPS) is 19.9. The summed E-state index contributed by atoms with van der Waals surface area (Å²) >= 11 is 17.7. The highest BCUT2D eigenvalue weighted by Crippen LogP contribution is 2.63. The minimum absolute atomic E-state index is 0.231. The zero-order valence-electron chi connectivity index (χ0n) is 39.3. The van der Waals surface area contributed by atoms with E-state index in [0.29, 0.717) is 42.4 Å². The Morgan fingerprint density at radius 2 is 0.928 bits per heavy atom. The highest BCUT2D eigenvalue weighted by molar-refractivity contribution is 7.86. The molecule has 0 spiro atoms. The molecule has 2 aliphatic carbocycles. The van der Waals surface area contributed by atoms with Crippen LogP contribution in [-0.4, -0.2) is 59.0 Å². The third-order valence-corrected chi connectivity index (χ3v) is 18.5. The quantitative estimate of drug-likeness (QED) is 0.0559. The average molecular weight is 1020 g/mol. The molecule has 4 aliphatic rings. The van der Waals surface area contributed by atoms with E-state index in [1.54, 1.807) is 0 Å². The van der Waals surface area contributed by atoms with E-state index in [9.17, 15) is 0 Å². The predicted molar refractivity (Wildman–Crippen MR) is 303 cm³/mol. The number of para-hydroxylation sites is 5. The van der Waals surface area contributed by atoms with Crippen molar-refractivity contribution in [1.29, 1.82) is 0 Å². The first-order valence-corrected chi connectivity index (χ1v) is 28.7. The van der Waals surface area contributed by atoms with Gasteiger partial charge in [0.25, 0.3) is 0 Å². The number of nitrogens with zero attached hydrogens (tertiary/aromatic N) is 4. The van der Waals surface area contributed by atoms with Crippen molar-refractivity contribution in [2.75, 3.05) is 43.8 Å². The van der Waals surface area contributed by atoms with Crippen LogP contribution in [0.4, 0.5) is 28.4 Å². The van der Waals surface area contributed by atoms with Crippen LogP contribution < -0.4 is 29.3 Å². The van der Waals surface area contributed by atoms with Crippen LogP contribution in [0.1, 0.15) is 69.8 Å². The lowest BCUT2D eigenvalue weighted by molar-refractivity contribution is 0.291. The third-order valence-electron chi connectivity index (χ3n) is 12.9. The molecular formula is C56H65ClN6O2P2S2. The molecule has 13 heteroatoms. The van der Waals surface area contributed by atoms with Gasteiger partial charge < -0.3 is 38.9 Å². The van der Waals surface area contributed by atoms with E-state index in [1.165, 1.54) is 79.7 Å².